The van der Waals surface area contributed by atoms with Gasteiger partial charge < -0.3 is 9.84 Å². The van der Waals surface area contributed by atoms with E-state index in [1.807, 2.05) is 0 Å². The van der Waals surface area contributed by atoms with Gasteiger partial charge in [0.25, 0.3) is 0 Å². The number of nitrogens with zero attached hydrogens (tertiary/aromatic N) is 2. The molecular formula is C8H7BrN2O5. The number of hydrogen-bond acceptors (Lipinski definition) is 5. The van der Waals surface area contributed by atoms with Crippen molar-refractivity contribution in [3.05, 3.63) is 27.0 Å². The molecule has 7 nitrogen and oxygen atoms in total. The molecule has 1 aromatic heterocycles. The molecule has 16 heavy (non-hydrogen) atoms. The van der Waals surface area contributed by atoms with Gasteiger partial charge in [0, 0.05) is 6.07 Å². The normalized spacial score (nSPS) is 11.9. The van der Waals surface area contributed by atoms with Crippen LogP contribution in [0.25, 0.3) is 0 Å². The second-order valence-electron chi connectivity index (χ2n) is 2.83. The maximum Gasteiger partial charge on any atom is 0.344 e. The molecular weight excluding hydrogens is 284 g/mol. The van der Waals surface area contributed by atoms with E-state index in [1.54, 1.807) is 0 Å². The first-order valence-corrected chi connectivity index (χ1v) is 4.90. The number of ether oxygens (including phenoxy) is 1. The third-order valence-electron chi connectivity index (χ3n) is 1.66. The second kappa shape index (κ2) is 4.88. The van der Waals surface area contributed by atoms with E-state index in [2.05, 4.69) is 20.9 Å². The van der Waals surface area contributed by atoms with Crippen LogP contribution in [-0.2, 0) is 4.79 Å². The third kappa shape index (κ3) is 2.89. The maximum absolute atomic E-state index is 10.6. The predicted octanol–water partition coefficient (Wildman–Crippen LogP) is 1.60. The van der Waals surface area contributed by atoms with Crippen molar-refractivity contribution in [2.75, 3.05) is 0 Å². The molecule has 0 bridgehead atoms. The highest BCUT2D eigenvalue weighted by molar-refractivity contribution is 9.10. The fourth-order valence-electron chi connectivity index (χ4n) is 0.878. The second-order valence-corrected chi connectivity index (χ2v) is 3.64. The van der Waals surface area contributed by atoms with Crippen molar-refractivity contribution in [2.45, 2.75) is 13.0 Å². The molecule has 1 unspecified atom stereocenters. The molecule has 1 atom stereocenters. The van der Waals surface area contributed by atoms with Crippen molar-refractivity contribution in [3.8, 4) is 5.75 Å². The zero-order chi connectivity index (χ0) is 12.3. The highest BCUT2D eigenvalue weighted by Gasteiger charge is 2.21. The summed E-state index contributed by atoms with van der Waals surface area (Å²) in [5.41, 5.74) is -0.378. The number of pyridine rings is 1. The van der Waals surface area contributed by atoms with Crippen LogP contribution in [0, 0.1) is 10.1 Å². The van der Waals surface area contributed by atoms with Crippen molar-refractivity contribution >= 4 is 27.6 Å². The van der Waals surface area contributed by atoms with Crippen molar-refractivity contribution in [1.29, 1.82) is 0 Å². The van der Waals surface area contributed by atoms with Crippen LogP contribution in [0.15, 0.2) is 16.9 Å². The average Bonchev–Trinajstić information content (AvgIpc) is 2.16. The Labute approximate surface area is 98.3 Å². The van der Waals surface area contributed by atoms with Crippen molar-refractivity contribution in [1.82, 2.24) is 4.98 Å². The molecule has 0 aliphatic carbocycles. The SMILES string of the molecule is CC(Oc1cc(Br)ncc1[N+](=O)[O-])C(=O)O. The lowest BCUT2D eigenvalue weighted by Gasteiger charge is -2.10. The molecule has 0 amide bonds. The Morgan fingerprint density at radius 3 is 2.88 bits per heavy atom. The van der Waals surface area contributed by atoms with Gasteiger partial charge in [0.05, 0.1) is 4.92 Å². The molecule has 0 radical (unpaired) electrons. The van der Waals surface area contributed by atoms with Gasteiger partial charge >= 0.3 is 11.7 Å². The van der Waals surface area contributed by atoms with Crippen LogP contribution in [0.1, 0.15) is 6.92 Å². The third-order valence-corrected chi connectivity index (χ3v) is 2.09. The Hall–Kier alpha value is -1.70. The van der Waals surface area contributed by atoms with E-state index in [9.17, 15) is 14.9 Å². The summed E-state index contributed by atoms with van der Waals surface area (Å²) in [7, 11) is 0. The summed E-state index contributed by atoms with van der Waals surface area (Å²) >= 11 is 3.01. The number of hydrogen-bond donors (Lipinski definition) is 1. The summed E-state index contributed by atoms with van der Waals surface area (Å²) in [5.74, 6) is -1.34. The van der Waals surface area contributed by atoms with E-state index in [0.29, 0.717) is 4.60 Å². The minimum absolute atomic E-state index is 0.137. The molecule has 1 N–H and O–H groups in total. The van der Waals surface area contributed by atoms with Gasteiger partial charge in [0.1, 0.15) is 10.8 Å². The van der Waals surface area contributed by atoms with Gasteiger partial charge in [0.2, 0.25) is 5.75 Å². The summed E-state index contributed by atoms with van der Waals surface area (Å²) < 4.78 is 5.26. The lowest BCUT2D eigenvalue weighted by molar-refractivity contribution is -0.386. The quantitative estimate of drug-likeness (QED) is 0.513. The van der Waals surface area contributed by atoms with Gasteiger partial charge in [-0.2, -0.15) is 0 Å². The molecule has 1 rings (SSSR count). The van der Waals surface area contributed by atoms with Crippen LogP contribution < -0.4 is 4.74 Å². The number of aromatic nitrogens is 1. The molecule has 0 aliphatic rings. The summed E-state index contributed by atoms with van der Waals surface area (Å²) in [4.78, 5) is 24.1. The van der Waals surface area contributed by atoms with Crippen LogP contribution >= 0.6 is 15.9 Å². The van der Waals surface area contributed by atoms with Crippen LogP contribution in [0.2, 0.25) is 0 Å². The van der Waals surface area contributed by atoms with Crippen LogP contribution in [0.3, 0.4) is 0 Å². The smallest absolute Gasteiger partial charge is 0.344 e. The number of carboxylic acids is 1. The zero-order valence-electron chi connectivity index (χ0n) is 8.08. The summed E-state index contributed by atoms with van der Waals surface area (Å²) in [5, 5.41) is 19.2. The van der Waals surface area contributed by atoms with Crippen LogP contribution in [-0.4, -0.2) is 27.1 Å². The summed E-state index contributed by atoms with van der Waals surface area (Å²) in [6.45, 7) is 1.28. The highest BCUT2D eigenvalue weighted by atomic mass is 79.9. The Balaban J connectivity index is 3.05. The lowest BCUT2D eigenvalue weighted by atomic mass is 10.3. The highest BCUT2D eigenvalue weighted by Crippen LogP contribution is 2.29. The Bertz CT molecular complexity index is 436. The molecule has 0 aliphatic heterocycles. The first-order valence-electron chi connectivity index (χ1n) is 4.11. The monoisotopic (exact) mass is 290 g/mol. The van der Waals surface area contributed by atoms with Gasteiger partial charge in [-0.15, -0.1) is 0 Å². The van der Waals surface area contributed by atoms with Gasteiger partial charge in [-0.1, -0.05) is 0 Å². The maximum atomic E-state index is 10.6. The van der Waals surface area contributed by atoms with Crippen LogP contribution in [0.4, 0.5) is 5.69 Å². The van der Waals surface area contributed by atoms with Crippen molar-refractivity contribution in [2.24, 2.45) is 0 Å². The van der Waals surface area contributed by atoms with E-state index >= 15 is 0 Å². The molecule has 8 heteroatoms. The number of rotatable bonds is 4. The Morgan fingerprint density at radius 1 is 1.75 bits per heavy atom. The Morgan fingerprint density at radius 2 is 2.38 bits per heavy atom. The van der Waals surface area contributed by atoms with E-state index in [-0.39, 0.29) is 11.4 Å². The first-order chi connectivity index (χ1) is 7.41. The van der Waals surface area contributed by atoms with Crippen molar-refractivity contribution in [3.63, 3.8) is 0 Å². The number of halogens is 1. The molecule has 0 saturated heterocycles. The predicted molar refractivity (Wildman–Crippen MR) is 56.3 cm³/mol. The fraction of sp³-hybridized carbons (Fsp3) is 0.250. The van der Waals surface area contributed by atoms with E-state index in [0.717, 1.165) is 6.20 Å². The Kier molecular flexibility index (Phi) is 3.78. The molecule has 0 fully saturated rings. The summed E-state index contributed by atoms with van der Waals surface area (Å²) in [6.07, 6.45) is -0.179. The number of carbonyl (C=O) groups is 1. The first kappa shape index (κ1) is 12.4. The number of aliphatic carboxylic acids is 1. The average molecular weight is 291 g/mol. The summed E-state index contributed by atoms with van der Waals surface area (Å²) in [6, 6.07) is 1.25. The molecule has 0 aromatic carbocycles. The van der Waals surface area contributed by atoms with E-state index < -0.39 is 17.0 Å². The minimum Gasteiger partial charge on any atom is -0.479 e. The number of nitro groups is 1. The van der Waals surface area contributed by atoms with E-state index in [4.69, 9.17) is 9.84 Å². The molecule has 0 saturated carbocycles. The molecule has 1 aromatic rings. The van der Waals surface area contributed by atoms with Gasteiger partial charge in [-0.25, -0.2) is 9.78 Å². The zero-order valence-corrected chi connectivity index (χ0v) is 9.67. The standard InChI is InChI=1S/C8H7BrN2O5/c1-4(8(12)13)16-6-2-7(9)10-3-5(6)11(14)15/h2-4H,1H3,(H,12,13). The van der Waals surface area contributed by atoms with Gasteiger partial charge in [0.15, 0.2) is 6.10 Å². The number of carboxylic acid groups (broad SMARTS) is 1. The topological polar surface area (TPSA) is 103 Å². The lowest BCUT2D eigenvalue weighted by Crippen LogP contribution is -2.23. The molecule has 86 valence electrons. The van der Waals surface area contributed by atoms with E-state index in [1.165, 1.54) is 13.0 Å². The van der Waals surface area contributed by atoms with Gasteiger partial charge in [-0.05, 0) is 22.9 Å². The molecule has 1 heterocycles. The fourth-order valence-corrected chi connectivity index (χ4v) is 1.19. The molecule has 0 spiro atoms. The van der Waals surface area contributed by atoms with Crippen molar-refractivity contribution < 1.29 is 19.6 Å². The largest absolute Gasteiger partial charge is 0.479 e. The van der Waals surface area contributed by atoms with Crippen LogP contribution in [0.5, 0.6) is 5.75 Å². The minimum atomic E-state index is -1.21. The van der Waals surface area contributed by atoms with Gasteiger partial charge in [-0.3, -0.25) is 10.1 Å².